The predicted molar refractivity (Wildman–Crippen MR) is 270 cm³/mol. The fourth-order valence-corrected chi connectivity index (χ4v) is 10.1. The molecule has 4 heteroatoms. The number of imidazole rings is 1. The third kappa shape index (κ3) is 7.53. The molecule has 2 aromatic heterocycles. The first-order valence-electron chi connectivity index (χ1n) is 23.1. The summed E-state index contributed by atoms with van der Waals surface area (Å²) in [7, 11) is 0. The number of hydrogen-bond donors (Lipinski definition) is 0. The number of nitrogens with zero attached hydrogens (tertiary/aromatic N) is 3. The van der Waals surface area contributed by atoms with Crippen molar-refractivity contribution in [3.8, 4) is 55.9 Å². The number of benzene rings is 8. The standard InChI is InChI=1S/C49H48N2.C12H8N.Cu/c1-30(2)34-23-15-24-35(31(3)4)47(34)50-29-51(48-36(32(5)6)25-16-26-37(48)33(7)8)49-45(50)28-27-44-42-21-12-11-19-40(42)38-17-9-10-18-39(38)41-20-13-14-22-43(41)46(44)49;1-3-7-11-9(5-1)10-6-2-4-8-12(10)13-11;/h9-28,30-33H,1-8H3;1-8H;/q;-1;+2. The number of hydrogen-bond acceptors (Lipinski definition) is 0. The van der Waals surface area contributed by atoms with E-state index in [9.17, 15) is 0 Å². The molecule has 325 valence electrons. The smallest absolute Gasteiger partial charge is 0.657 e. The predicted octanol–water partition coefficient (Wildman–Crippen LogP) is 16.1. The van der Waals surface area contributed by atoms with Gasteiger partial charge in [-0.3, -0.25) is 9.13 Å². The molecule has 1 aliphatic carbocycles. The van der Waals surface area contributed by atoms with Gasteiger partial charge in [0.2, 0.25) is 0 Å². The topological polar surface area (TPSA) is 22.9 Å². The Morgan fingerprint density at radius 1 is 0.400 bits per heavy atom. The van der Waals surface area contributed by atoms with Gasteiger partial charge in [-0.2, -0.15) is 0 Å². The van der Waals surface area contributed by atoms with Gasteiger partial charge >= 0.3 is 17.1 Å². The quantitative estimate of drug-likeness (QED) is 0.0926. The van der Waals surface area contributed by atoms with Gasteiger partial charge < -0.3 is 4.98 Å². The van der Waals surface area contributed by atoms with Crippen LogP contribution < -0.4 is 9.55 Å². The molecule has 0 unspecified atom stereocenters. The Labute approximate surface area is 395 Å². The van der Waals surface area contributed by atoms with Crippen molar-refractivity contribution in [1.82, 2.24) is 9.55 Å². The molecule has 1 radical (unpaired) electrons. The van der Waals surface area contributed by atoms with E-state index in [1.54, 1.807) is 0 Å². The third-order valence-electron chi connectivity index (χ3n) is 13.2. The fraction of sp³-hybridized carbons (Fsp3) is 0.197. The van der Waals surface area contributed by atoms with Crippen LogP contribution in [0.2, 0.25) is 0 Å². The maximum Gasteiger partial charge on any atom is 2.00 e. The van der Waals surface area contributed by atoms with E-state index in [0.29, 0.717) is 23.7 Å². The Morgan fingerprint density at radius 3 is 1.25 bits per heavy atom. The number of aromatic nitrogens is 3. The molecule has 0 saturated carbocycles. The molecule has 65 heavy (non-hydrogen) atoms. The summed E-state index contributed by atoms with van der Waals surface area (Å²) in [5.74, 6) is 1.36. The van der Waals surface area contributed by atoms with Crippen LogP contribution in [0.25, 0.3) is 88.7 Å². The molecular weight excluding hydrogens is 838 g/mol. The van der Waals surface area contributed by atoms with E-state index in [1.807, 2.05) is 12.1 Å². The molecule has 0 bridgehead atoms. The van der Waals surface area contributed by atoms with Crippen LogP contribution in [0, 0.1) is 6.33 Å². The SMILES string of the molecule is CC(C)c1cccc(C(C)C)c1-n1[c-][n+](-c2c(C(C)C)cccc2C(C)C)c2ccc3c(c21)-c1ccccc1-c1ccccc1-c1ccccc1-3.[Cu+2].c1ccc2c(c1)[n-]c1ccccc12. The second-order valence-corrected chi connectivity index (χ2v) is 18.6. The summed E-state index contributed by atoms with van der Waals surface area (Å²) < 4.78 is 4.86. The first kappa shape index (κ1) is 43.8. The Balaban J connectivity index is 0.000000323. The minimum atomic E-state index is 0. The maximum absolute atomic E-state index is 4.52. The third-order valence-corrected chi connectivity index (χ3v) is 13.2. The minimum Gasteiger partial charge on any atom is -0.657 e. The summed E-state index contributed by atoms with van der Waals surface area (Å²) in [5.41, 5.74) is 22.4. The molecule has 0 amide bonds. The Kier molecular flexibility index (Phi) is 12.0. The number of fused-ring (bicyclic) bond motifs is 13. The summed E-state index contributed by atoms with van der Waals surface area (Å²) in [6, 6.07) is 61.9. The Bertz CT molecular complexity index is 3250. The van der Waals surface area contributed by atoms with Crippen molar-refractivity contribution in [3.05, 3.63) is 198 Å². The van der Waals surface area contributed by atoms with Gasteiger partial charge in [-0.1, -0.05) is 225 Å². The molecular formula is C61H56CuN3+. The zero-order valence-corrected chi connectivity index (χ0v) is 39.6. The number of para-hydroxylation sites is 4. The Morgan fingerprint density at radius 2 is 0.785 bits per heavy atom. The monoisotopic (exact) mass is 893 g/mol. The zero-order valence-electron chi connectivity index (χ0n) is 38.6. The molecule has 1 aliphatic rings. The van der Waals surface area contributed by atoms with Gasteiger partial charge in [-0.25, -0.2) is 0 Å². The second-order valence-electron chi connectivity index (χ2n) is 18.6. The van der Waals surface area contributed by atoms with Gasteiger partial charge in [0, 0.05) is 0 Å². The van der Waals surface area contributed by atoms with Crippen molar-refractivity contribution in [3.63, 3.8) is 0 Å². The van der Waals surface area contributed by atoms with E-state index in [4.69, 9.17) is 0 Å². The van der Waals surface area contributed by atoms with E-state index < -0.39 is 0 Å². The average molecular weight is 895 g/mol. The second kappa shape index (κ2) is 17.8. The largest absolute Gasteiger partial charge is 2.00 e. The summed E-state index contributed by atoms with van der Waals surface area (Å²) in [5, 5.41) is 2.50. The first-order chi connectivity index (χ1) is 31.1. The van der Waals surface area contributed by atoms with Gasteiger partial charge in [0.25, 0.3) is 6.33 Å². The molecule has 8 aromatic carbocycles. The number of rotatable bonds is 6. The molecule has 2 heterocycles. The van der Waals surface area contributed by atoms with Crippen molar-refractivity contribution in [2.45, 2.75) is 79.1 Å². The van der Waals surface area contributed by atoms with E-state index in [0.717, 1.165) is 16.6 Å². The summed E-state index contributed by atoms with van der Waals surface area (Å²) >= 11 is 0. The molecule has 0 saturated heterocycles. The minimum absolute atomic E-state index is 0. The Hall–Kier alpha value is -6.45. The van der Waals surface area contributed by atoms with Crippen LogP contribution in [0.5, 0.6) is 0 Å². The van der Waals surface area contributed by atoms with E-state index in [1.165, 1.54) is 94.4 Å². The van der Waals surface area contributed by atoms with E-state index in [-0.39, 0.29) is 17.1 Å². The maximum atomic E-state index is 4.52. The van der Waals surface area contributed by atoms with Gasteiger partial charge in [0.1, 0.15) is 0 Å². The molecule has 3 nitrogen and oxygen atoms in total. The van der Waals surface area contributed by atoms with Crippen molar-refractivity contribution >= 4 is 32.8 Å². The summed E-state index contributed by atoms with van der Waals surface area (Å²) in [4.78, 5) is 4.52. The molecule has 11 rings (SSSR count). The normalized spacial score (nSPS) is 11.8. The van der Waals surface area contributed by atoms with Crippen LogP contribution in [-0.4, -0.2) is 4.57 Å². The molecule has 10 aromatic rings. The molecule has 0 atom stereocenters. The fourth-order valence-electron chi connectivity index (χ4n) is 10.1. The zero-order chi connectivity index (χ0) is 44.2. The average Bonchev–Trinajstić information content (AvgIpc) is 3.89. The van der Waals surface area contributed by atoms with E-state index >= 15 is 0 Å². The molecule has 0 fully saturated rings. The van der Waals surface area contributed by atoms with Gasteiger partial charge in [-0.15, -0.1) is 11.0 Å². The summed E-state index contributed by atoms with van der Waals surface area (Å²) in [6.45, 7) is 18.5. The first-order valence-corrected chi connectivity index (χ1v) is 23.1. The van der Waals surface area contributed by atoms with Crippen LogP contribution in [0.4, 0.5) is 0 Å². The van der Waals surface area contributed by atoms with Crippen LogP contribution in [0.15, 0.2) is 170 Å². The van der Waals surface area contributed by atoms with Crippen molar-refractivity contribution in [1.29, 1.82) is 0 Å². The van der Waals surface area contributed by atoms with Gasteiger partial charge in [-0.05, 0) is 101 Å². The van der Waals surface area contributed by atoms with Crippen LogP contribution in [-0.2, 0) is 17.1 Å². The van der Waals surface area contributed by atoms with Crippen molar-refractivity contribution in [2.75, 3.05) is 0 Å². The summed E-state index contributed by atoms with van der Waals surface area (Å²) in [6.07, 6.45) is 4.10. The van der Waals surface area contributed by atoms with Crippen LogP contribution in [0.1, 0.15) is 101 Å². The molecule has 0 N–H and O–H groups in total. The van der Waals surface area contributed by atoms with Crippen LogP contribution >= 0.6 is 0 Å². The van der Waals surface area contributed by atoms with Crippen molar-refractivity contribution < 1.29 is 21.6 Å². The van der Waals surface area contributed by atoms with E-state index in [2.05, 4.69) is 234 Å². The van der Waals surface area contributed by atoms with Crippen LogP contribution in [0.3, 0.4) is 0 Å². The molecule has 0 aliphatic heterocycles. The van der Waals surface area contributed by atoms with Crippen molar-refractivity contribution in [2.24, 2.45) is 0 Å². The van der Waals surface area contributed by atoms with Gasteiger partial charge in [0.15, 0.2) is 0 Å². The molecule has 0 spiro atoms. The van der Waals surface area contributed by atoms with Gasteiger partial charge in [0.05, 0.1) is 22.4 Å².